The number of carbonyl (C=O) groups excluding carboxylic acids is 5. The van der Waals surface area contributed by atoms with Crippen molar-refractivity contribution in [2.75, 3.05) is 20.8 Å². The summed E-state index contributed by atoms with van der Waals surface area (Å²) in [4.78, 5) is 48.4. The van der Waals surface area contributed by atoms with E-state index in [9.17, 15) is 19.5 Å². The normalized spacial score (nSPS) is 13.5. The van der Waals surface area contributed by atoms with Gasteiger partial charge >= 0.3 is 71.2 Å². The number of methoxy groups -OCH3 is 1. The van der Waals surface area contributed by atoms with Crippen LogP contribution in [0.5, 0.6) is 0 Å². The van der Waals surface area contributed by atoms with E-state index in [1.165, 1.54) is 14.0 Å². The summed E-state index contributed by atoms with van der Waals surface area (Å²) < 4.78 is 9.36. The summed E-state index contributed by atoms with van der Waals surface area (Å²) >= 11 is 0. The molecule has 0 unspecified atom stereocenters. The molecule has 0 bridgehead atoms. The fourth-order valence-electron chi connectivity index (χ4n) is 3.67. The van der Waals surface area contributed by atoms with Gasteiger partial charge in [-0.15, -0.1) is 13.0 Å². The molecule has 0 rings (SSSR count). The van der Waals surface area contributed by atoms with Crippen molar-refractivity contribution in [3.63, 3.8) is 0 Å². The molecule has 0 aromatic carbocycles. The predicted octanol–water partition coefficient (Wildman–Crippen LogP) is 2.22. The number of allylic oxidation sites excluding steroid dienone is 25. The van der Waals surface area contributed by atoms with E-state index in [1.54, 1.807) is 19.1 Å². The molecular formula is C45H58Na2O9. The molecule has 9 nitrogen and oxygen atoms in total. The van der Waals surface area contributed by atoms with E-state index < -0.39 is 5.97 Å². The molecule has 0 aliphatic rings. The van der Waals surface area contributed by atoms with Gasteiger partial charge in [-0.05, 0) is 79.5 Å². The standard InChI is InChI=1S/C23H30O4.C20H25O2.CO2.CH4O.2Na/c1-18(12-9-13-20(3)16-27-17-24)10-7-8-11-19(2)14-21(4)15-22(5)23(25)26-6;1-6-7-8-11-16(2)12-9-10-13-17(3)14-18(4)15-19(5)20(21)22;2-1-3;1-2;;/h7-15,17H,16H2,1-6H3;7-15H,1-5H3,(H,21,22);;2H,1H3;;/q;-1;;;2*+1/p-1/b8-7+,12-9+,18-10+,19-11+,20-13+,21-14+,22-15+;10-9+,11-8+,16-12+,17-13+,18-14+,19-15+;;;;. The average Bonchev–Trinajstić information content (AvgIpc) is 3.12. The Kier molecular flexibility index (Phi) is 52.0. The molecule has 0 spiro atoms. The molecule has 0 aromatic heterocycles. The molecular weight excluding hydrogens is 730 g/mol. The number of ether oxygens (including phenoxy) is 2. The Labute approximate surface area is 380 Å². The zero-order valence-corrected chi connectivity index (χ0v) is 39.9. The van der Waals surface area contributed by atoms with Gasteiger partial charge in [0.05, 0.1) is 13.1 Å². The second-order valence-electron chi connectivity index (χ2n) is 11.3. The minimum Gasteiger partial charge on any atom is -0.545 e. The van der Waals surface area contributed by atoms with E-state index in [-0.39, 0.29) is 76.8 Å². The van der Waals surface area contributed by atoms with E-state index in [0.717, 1.165) is 46.1 Å². The number of carbonyl (C=O) groups is 3. The predicted molar refractivity (Wildman–Crippen MR) is 216 cm³/mol. The zero-order chi connectivity index (χ0) is 42.3. The molecule has 294 valence electrons. The third-order valence-electron chi connectivity index (χ3n) is 6.03. The van der Waals surface area contributed by atoms with Gasteiger partial charge in [-0.25, -0.2) is 16.9 Å². The first-order valence-corrected chi connectivity index (χ1v) is 16.6. The number of carboxylic acids is 1. The summed E-state index contributed by atoms with van der Waals surface area (Å²) in [5, 5.41) is 17.6. The van der Waals surface area contributed by atoms with Crippen LogP contribution in [0.4, 0.5) is 0 Å². The van der Waals surface area contributed by atoms with Crippen LogP contribution in [-0.4, -0.2) is 50.5 Å². The fourth-order valence-corrected chi connectivity index (χ4v) is 3.67. The maximum Gasteiger partial charge on any atom is 1.00 e. The van der Waals surface area contributed by atoms with Crippen LogP contribution in [0, 0.1) is 6.08 Å². The van der Waals surface area contributed by atoms with Gasteiger partial charge in [0, 0.05) is 12.7 Å². The molecule has 0 aliphatic carbocycles. The van der Waals surface area contributed by atoms with Gasteiger partial charge in [0.2, 0.25) is 0 Å². The molecule has 0 radical (unpaired) electrons. The number of hydrogen-bond acceptors (Lipinski definition) is 9. The average molecular weight is 789 g/mol. The van der Waals surface area contributed by atoms with Crippen molar-refractivity contribution in [3.8, 4) is 0 Å². The van der Waals surface area contributed by atoms with Gasteiger partial charge in [0.15, 0.2) is 0 Å². The number of hydrogen-bond donors (Lipinski definition) is 1. The van der Waals surface area contributed by atoms with E-state index >= 15 is 0 Å². The van der Waals surface area contributed by atoms with E-state index in [1.807, 2.05) is 153 Å². The summed E-state index contributed by atoms with van der Waals surface area (Å²) in [6.07, 6.45) is 38.0. The minimum atomic E-state index is -1.14. The van der Waals surface area contributed by atoms with Gasteiger partial charge in [-0.2, -0.15) is 9.59 Å². The van der Waals surface area contributed by atoms with Crippen LogP contribution < -0.4 is 64.2 Å². The van der Waals surface area contributed by atoms with Crippen LogP contribution in [0.15, 0.2) is 160 Å². The number of aliphatic hydroxyl groups is 1. The fraction of sp³-hybridized carbons (Fsp3) is 0.289. The molecule has 0 atom stereocenters. The molecule has 0 aromatic rings. The number of carboxylic acid groups (broad SMARTS) is 1. The first kappa shape index (κ1) is 64.0. The Bertz CT molecular complexity index is 1630. The van der Waals surface area contributed by atoms with Gasteiger partial charge in [0.25, 0.3) is 6.47 Å². The number of aliphatic hydroxyl groups excluding tert-OH is 1. The topological polar surface area (TPSA) is 147 Å². The third kappa shape index (κ3) is 46.3. The Morgan fingerprint density at radius 3 is 1.39 bits per heavy atom. The van der Waals surface area contributed by atoms with Gasteiger partial charge in [-0.3, -0.25) is 10.9 Å². The Balaban J connectivity index is -0.000000196. The Morgan fingerprint density at radius 2 is 1.02 bits per heavy atom. The molecule has 11 heteroatoms. The van der Waals surface area contributed by atoms with Gasteiger partial charge in [-0.1, -0.05) is 119 Å². The molecule has 0 aliphatic heterocycles. The van der Waals surface area contributed by atoms with Crippen LogP contribution >= 0.6 is 0 Å². The second-order valence-corrected chi connectivity index (χ2v) is 11.3. The van der Waals surface area contributed by atoms with Crippen LogP contribution in [0.1, 0.15) is 69.2 Å². The van der Waals surface area contributed by atoms with Crippen molar-refractivity contribution >= 4 is 24.6 Å². The molecule has 1 N–H and O–H groups in total. The first-order chi connectivity index (χ1) is 25.6. The smallest absolute Gasteiger partial charge is 0.545 e. The zero-order valence-electron chi connectivity index (χ0n) is 35.9. The van der Waals surface area contributed by atoms with Crippen LogP contribution in [-0.2, 0) is 33.4 Å². The summed E-state index contributed by atoms with van der Waals surface area (Å²) in [7, 11) is 2.37. The molecule has 0 fully saturated rings. The quantitative estimate of drug-likeness (QED) is 0.0586. The van der Waals surface area contributed by atoms with Crippen molar-refractivity contribution in [3.05, 3.63) is 166 Å². The van der Waals surface area contributed by atoms with Crippen LogP contribution in [0.25, 0.3) is 0 Å². The van der Waals surface area contributed by atoms with E-state index in [0.29, 0.717) is 18.7 Å². The van der Waals surface area contributed by atoms with E-state index in [4.69, 9.17) is 14.7 Å². The summed E-state index contributed by atoms with van der Waals surface area (Å²) in [5.74, 6) is -1.46. The molecule has 0 saturated carbocycles. The van der Waals surface area contributed by atoms with Crippen molar-refractivity contribution in [2.45, 2.75) is 69.2 Å². The van der Waals surface area contributed by atoms with Gasteiger partial charge in [0.1, 0.15) is 6.61 Å². The maximum atomic E-state index is 11.4. The monoisotopic (exact) mass is 788 g/mol. The summed E-state index contributed by atoms with van der Waals surface area (Å²) in [6, 6.07) is 0. The Morgan fingerprint density at radius 1 is 0.625 bits per heavy atom. The summed E-state index contributed by atoms with van der Waals surface area (Å²) in [5.41, 5.74) is 7.99. The number of aliphatic carboxylic acids is 1. The van der Waals surface area contributed by atoms with Gasteiger partial charge < -0.3 is 24.5 Å². The minimum absolute atomic E-state index is 0. The first-order valence-electron chi connectivity index (χ1n) is 16.6. The third-order valence-corrected chi connectivity index (χ3v) is 6.03. The maximum absolute atomic E-state index is 11.4. The summed E-state index contributed by atoms with van der Waals surface area (Å²) in [6.45, 7) is 19.6. The van der Waals surface area contributed by atoms with Crippen molar-refractivity contribution in [2.24, 2.45) is 0 Å². The SMILES string of the molecule is CO.COC(=O)/C(C)=C/C(C)=C/C(C)=C/C=C/C=C(C)/C=C/C=C(\C)COC=O.C[C-]=C/C=C/C(C)=C/C=C/C=C(C)/C=C(C)/C=C(\C)C(=O)[O-].O=C=O.[Na+].[Na+]. The van der Waals surface area contributed by atoms with E-state index in [2.05, 4.69) is 15.5 Å². The largest absolute Gasteiger partial charge is 1.00 e. The number of rotatable bonds is 17. The van der Waals surface area contributed by atoms with Crippen molar-refractivity contribution < 1.29 is 103 Å². The molecule has 0 saturated heterocycles. The Hall–Kier alpha value is -3.89. The van der Waals surface area contributed by atoms with Crippen LogP contribution in [0.3, 0.4) is 0 Å². The molecule has 56 heavy (non-hydrogen) atoms. The molecule has 0 amide bonds. The second kappa shape index (κ2) is 45.5. The van der Waals surface area contributed by atoms with Crippen molar-refractivity contribution in [1.82, 2.24) is 0 Å². The number of esters is 1. The van der Waals surface area contributed by atoms with Crippen molar-refractivity contribution in [1.29, 1.82) is 0 Å². The van der Waals surface area contributed by atoms with Crippen LogP contribution in [0.2, 0.25) is 0 Å². The molecule has 0 heterocycles.